The number of aromatic nitrogens is 3. The first kappa shape index (κ1) is 12.0. The molecule has 0 aliphatic heterocycles. The normalized spacial score (nSPS) is 10.6. The van der Waals surface area contributed by atoms with Gasteiger partial charge in [-0.2, -0.15) is 0 Å². The fourth-order valence-corrected chi connectivity index (χ4v) is 2.35. The fourth-order valence-electron chi connectivity index (χ4n) is 1.67. The van der Waals surface area contributed by atoms with Crippen LogP contribution in [0, 0.1) is 0 Å². The van der Waals surface area contributed by atoms with Crippen molar-refractivity contribution in [1.82, 2.24) is 14.6 Å². The molecule has 0 aliphatic carbocycles. The molecule has 2 heterocycles. The zero-order valence-corrected chi connectivity index (χ0v) is 11.1. The number of hydrogen-bond acceptors (Lipinski definition) is 5. The van der Waals surface area contributed by atoms with Crippen LogP contribution in [0.2, 0.25) is 5.15 Å². The van der Waals surface area contributed by atoms with Gasteiger partial charge < -0.3 is 5.32 Å². The van der Waals surface area contributed by atoms with E-state index in [1.54, 1.807) is 6.07 Å². The van der Waals surface area contributed by atoms with Crippen molar-refractivity contribution >= 4 is 44.8 Å². The van der Waals surface area contributed by atoms with E-state index < -0.39 is 0 Å². The average Bonchev–Trinajstić information content (AvgIpc) is 2.91. The molecular weight excluding hydrogens is 284 g/mol. The maximum absolute atomic E-state index is 12.0. The summed E-state index contributed by atoms with van der Waals surface area (Å²) in [6.07, 6.45) is 1.48. The Labute approximate surface area is 117 Å². The Balaban J connectivity index is 1.98. The molecule has 0 fully saturated rings. The quantitative estimate of drug-likeness (QED) is 0.737. The Hall–Kier alpha value is -2.05. The van der Waals surface area contributed by atoms with Gasteiger partial charge in [0, 0.05) is 16.9 Å². The van der Waals surface area contributed by atoms with Gasteiger partial charge in [-0.15, -0.1) is 5.10 Å². The van der Waals surface area contributed by atoms with Crippen LogP contribution in [0.4, 0.5) is 5.00 Å². The van der Waals surface area contributed by atoms with Crippen molar-refractivity contribution in [2.45, 2.75) is 0 Å². The molecule has 3 rings (SSSR count). The van der Waals surface area contributed by atoms with E-state index in [0.717, 1.165) is 22.3 Å². The average molecular weight is 291 g/mol. The van der Waals surface area contributed by atoms with Crippen molar-refractivity contribution in [1.29, 1.82) is 0 Å². The molecule has 2 aromatic heterocycles. The summed E-state index contributed by atoms with van der Waals surface area (Å²) in [7, 11) is 0. The number of rotatable bonds is 2. The van der Waals surface area contributed by atoms with E-state index in [1.165, 1.54) is 6.20 Å². The van der Waals surface area contributed by atoms with Crippen molar-refractivity contribution in [3.8, 4) is 0 Å². The van der Waals surface area contributed by atoms with Crippen LogP contribution in [-0.4, -0.2) is 20.5 Å². The van der Waals surface area contributed by atoms with Gasteiger partial charge in [-0.05, 0) is 11.5 Å². The number of pyridine rings is 1. The summed E-state index contributed by atoms with van der Waals surface area (Å²) in [6.45, 7) is 0. The second kappa shape index (κ2) is 4.91. The summed E-state index contributed by atoms with van der Waals surface area (Å²) in [5, 5.41) is 8.87. The number of benzene rings is 1. The predicted octanol–water partition coefficient (Wildman–Crippen LogP) is 2.99. The zero-order valence-electron chi connectivity index (χ0n) is 9.50. The smallest absolute Gasteiger partial charge is 0.275 e. The number of halogens is 1. The van der Waals surface area contributed by atoms with Gasteiger partial charge in [0.25, 0.3) is 5.91 Å². The van der Waals surface area contributed by atoms with Crippen LogP contribution in [0.25, 0.3) is 10.8 Å². The van der Waals surface area contributed by atoms with Gasteiger partial charge >= 0.3 is 0 Å². The van der Waals surface area contributed by atoms with Crippen LogP contribution in [0.5, 0.6) is 0 Å². The second-order valence-corrected chi connectivity index (χ2v) is 4.90. The van der Waals surface area contributed by atoms with Crippen LogP contribution in [0.3, 0.4) is 0 Å². The number of carbonyl (C=O) groups excluding carboxylic acids is 1. The molecule has 94 valence electrons. The number of nitrogens with one attached hydrogen (secondary N) is 1. The fraction of sp³-hybridized carbons (Fsp3) is 0. The van der Waals surface area contributed by atoms with E-state index in [1.807, 2.05) is 24.3 Å². The van der Waals surface area contributed by atoms with E-state index in [2.05, 4.69) is 19.9 Å². The number of anilines is 1. The first-order valence-corrected chi connectivity index (χ1v) is 6.53. The number of carbonyl (C=O) groups is 1. The minimum absolute atomic E-state index is 0.261. The molecule has 5 nitrogen and oxygen atoms in total. The van der Waals surface area contributed by atoms with Gasteiger partial charge in [-0.1, -0.05) is 40.4 Å². The highest BCUT2D eigenvalue weighted by molar-refractivity contribution is 7.10. The highest BCUT2D eigenvalue weighted by Crippen LogP contribution is 2.22. The molecule has 0 unspecified atom stereocenters. The monoisotopic (exact) mass is 290 g/mol. The summed E-state index contributed by atoms with van der Waals surface area (Å²) < 4.78 is 3.67. The van der Waals surface area contributed by atoms with Gasteiger partial charge in [0.05, 0.1) is 6.20 Å². The molecule has 7 heteroatoms. The van der Waals surface area contributed by atoms with E-state index in [9.17, 15) is 4.79 Å². The lowest BCUT2D eigenvalue weighted by molar-refractivity contribution is 0.102. The van der Waals surface area contributed by atoms with Crippen LogP contribution in [-0.2, 0) is 0 Å². The molecule has 3 aromatic rings. The lowest BCUT2D eigenvalue weighted by Gasteiger charge is -2.04. The summed E-state index contributed by atoms with van der Waals surface area (Å²) in [5.74, 6) is -0.335. The minimum atomic E-state index is -0.335. The van der Waals surface area contributed by atoms with Gasteiger partial charge in [0.1, 0.15) is 15.8 Å². The van der Waals surface area contributed by atoms with Crippen LogP contribution in [0.15, 0.2) is 36.5 Å². The molecule has 0 spiro atoms. The second-order valence-electron chi connectivity index (χ2n) is 3.76. The molecule has 19 heavy (non-hydrogen) atoms. The molecule has 0 bridgehead atoms. The van der Waals surface area contributed by atoms with Gasteiger partial charge in [0.15, 0.2) is 0 Å². The first-order valence-electron chi connectivity index (χ1n) is 5.38. The highest BCUT2D eigenvalue weighted by atomic mass is 35.5. The molecular formula is C12H7ClN4OS. The van der Waals surface area contributed by atoms with Gasteiger partial charge in [-0.3, -0.25) is 4.79 Å². The summed E-state index contributed by atoms with van der Waals surface area (Å²) in [4.78, 5) is 16.1. The lowest BCUT2D eigenvalue weighted by atomic mass is 10.1. The van der Waals surface area contributed by atoms with Crippen LogP contribution >= 0.6 is 23.1 Å². The molecule has 0 radical (unpaired) electrons. The number of fused-ring (bicyclic) bond motifs is 1. The SMILES string of the molecule is O=C(Nc1cnns1)c1cc2ccccc2c(Cl)n1. The molecule has 1 N–H and O–H groups in total. The van der Waals surface area contributed by atoms with E-state index >= 15 is 0 Å². The van der Waals surface area contributed by atoms with Crippen molar-refractivity contribution in [3.05, 3.63) is 47.4 Å². The van der Waals surface area contributed by atoms with Crippen molar-refractivity contribution < 1.29 is 4.79 Å². The Morgan fingerprint density at radius 1 is 1.32 bits per heavy atom. The highest BCUT2D eigenvalue weighted by Gasteiger charge is 2.12. The summed E-state index contributed by atoms with van der Waals surface area (Å²) in [6, 6.07) is 9.20. The molecule has 1 amide bonds. The first-order chi connectivity index (χ1) is 9.24. The maximum Gasteiger partial charge on any atom is 0.275 e. The van der Waals surface area contributed by atoms with Crippen molar-refractivity contribution in [2.75, 3.05) is 5.32 Å². The third-order valence-corrected chi connectivity index (χ3v) is 3.39. The summed E-state index contributed by atoms with van der Waals surface area (Å²) >= 11 is 7.17. The van der Waals surface area contributed by atoms with Gasteiger partial charge in [-0.25, -0.2) is 4.98 Å². The Morgan fingerprint density at radius 2 is 2.16 bits per heavy atom. The van der Waals surface area contributed by atoms with Crippen molar-refractivity contribution in [3.63, 3.8) is 0 Å². The minimum Gasteiger partial charge on any atom is -0.310 e. The maximum atomic E-state index is 12.0. The van der Waals surface area contributed by atoms with E-state index in [-0.39, 0.29) is 11.6 Å². The van der Waals surface area contributed by atoms with Crippen LogP contribution in [0.1, 0.15) is 10.5 Å². The zero-order chi connectivity index (χ0) is 13.2. The summed E-state index contributed by atoms with van der Waals surface area (Å²) in [5.41, 5.74) is 0.261. The van der Waals surface area contributed by atoms with E-state index in [0.29, 0.717) is 10.2 Å². The largest absolute Gasteiger partial charge is 0.310 e. The molecule has 0 saturated carbocycles. The third-order valence-electron chi connectivity index (χ3n) is 2.52. The predicted molar refractivity (Wildman–Crippen MR) is 74.6 cm³/mol. The molecule has 0 atom stereocenters. The van der Waals surface area contributed by atoms with E-state index in [4.69, 9.17) is 11.6 Å². The lowest BCUT2D eigenvalue weighted by Crippen LogP contribution is -2.13. The third kappa shape index (κ3) is 2.40. The van der Waals surface area contributed by atoms with Gasteiger partial charge in [0.2, 0.25) is 0 Å². The Morgan fingerprint density at radius 3 is 2.95 bits per heavy atom. The Kier molecular flexibility index (Phi) is 3.10. The number of amides is 1. The number of nitrogens with zero attached hydrogens (tertiary/aromatic N) is 3. The van der Waals surface area contributed by atoms with Crippen molar-refractivity contribution in [2.24, 2.45) is 0 Å². The molecule has 1 aromatic carbocycles. The Bertz CT molecular complexity index is 745. The topological polar surface area (TPSA) is 67.8 Å². The standard InChI is InChI=1S/C12H7ClN4OS/c13-11-8-4-2-1-3-7(8)5-9(15-11)12(18)16-10-6-14-17-19-10/h1-6H,(H,16,18). The van der Waals surface area contributed by atoms with Crippen LogP contribution < -0.4 is 5.32 Å². The molecule has 0 saturated heterocycles. The molecule has 0 aliphatic rings. The number of hydrogen-bond donors (Lipinski definition) is 1.